The molecule has 0 aliphatic heterocycles. The fraction of sp³-hybridized carbons (Fsp3) is 0.231. The third-order valence-corrected chi connectivity index (χ3v) is 3.45. The Morgan fingerprint density at radius 1 is 1.47 bits per heavy atom. The van der Waals surface area contributed by atoms with Gasteiger partial charge in [0.05, 0.1) is 16.1 Å². The van der Waals surface area contributed by atoms with Gasteiger partial charge in [-0.15, -0.1) is 11.3 Å². The molecule has 0 spiro atoms. The van der Waals surface area contributed by atoms with E-state index in [1.807, 2.05) is 31.4 Å². The number of aromatic nitrogens is 1. The Kier molecular flexibility index (Phi) is 3.24. The standard InChI is InChI=1S/C13H13NO2S/c1-8(2)10-7-14-11(6-9(10)13(15)16)12-4-3-5-17-12/h3-8H,1-2H3,(H,15,16). The van der Waals surface area contributed by atoms with Gasteiger partial charge in [0.25, 0.3) is 0 Å². The molecule has 3 nitrogen and oxygen atoms in total. The summed E-state index contributed by atoms with van der Waals surface area (Å²) >= 11 is 1.56. The van der Waals surface area contributed by atoms with E-state index in [1.54, 1.807) is 23.6 Å². The van der Waals surface area contributed by atoms with E-state index in [-0.39, 0.29) is 5.92 Å². The van der Waals surface area contributed by atoms with E-state index in [9.17, 15) is 9.90 Å². The molecule has 0 aromatic carbocycles. The summed E-state index contributed by atoms with van der Waals surface area (Å²) in [5.41, 5.74) is 1.85. The highest BCUT2D eigenvalue weighted by Crippen LogP contribution is 2.27. The van der Waals surface area contributed by atoms with Crippen molar-refractivity contribution >= 4 is 17.3 Å². The van der Waals surface area contributed by atoms with Gasteiger partial charge in [-0.05, 0) is 29.0 Å². The highest BCUT2D eigenvalue weighted by atomic mass is 32.1. The van der Waals surface area contributed by atoms with Crippen LogP contribution in [-0.4, -0.2) is 16.1 Å². The fourth-order valence-corrected chi connectivity index (χ4v) is 2.36. The number of rotatable bonds is 3. The molecule has 0 unspecified atom stereocenters. The number of thiophene rings is 1. The number of hydrogen-bond acceptors (Lipinski definition) is 3. The Hall–Kier alpha value is -1.68. The number of carbonyl (C=O) groups is 1. The molecular weight excluding hydrogens is 234 g/mol. The lowest BCUT2D eigenvalue weighted by Crippen LogP contribution is -2.05. The maximum absolute atomic E-state index is 11.2. The van der Waals surface area contributed by atoms with Crippen LogP contribution in [-0.2, 0) is 0 Å². The first-order valence-corrected chi connectivity index (χ1v) is 6.24. The minimum Gasteiger partial charge on any atom is -0.478 e. The molecule has 4 heteroatoms. The van der Waals surface area contributed by atoms with Gasteiger partial charge in [0.2, 0.25) is 0 Å². The number of pyridine rings is 1. The molecule has 17 heavy (non-hydrogen) atoms. The van der Waals surface area contributed by atoms with E-state index < -0.39 is 5.97 Å². The molecule has 2 aromatic heterocycles. The van der Waals surface area contributed by atoms with Crippen molar-refractivity contribution in [2.45, 2.75) is 19.8 Å². The van der Waals surface area contributed by atoms with Crippen LogP contribution in [0, 0.1) is 0 Å². The summed E-state index contributed by atoms with van der Waals surface area (Å²) in [6.45, 7) is 3.93. The van der Waals surface area contributed by atoms with Crippen molar-refractivity contribution in [3.63, 3.8) is 0 Å². The quantitative estimate of drug-likeness (QED) is 0.901. The van der Waals surface area contributed by atoms with Gasteiger partial charge in [-0.2, -0.15) is 0 Å². The Bertz CT molecular complexity index is 532. The smallest absolute Gasteiger partial charge is 0.336 e. The summed E-state index contributed by atoms with van der Waals surface area (Å²) in [4.78, 5) is 16.5. The lowest BCUT2D eigenvalue weighted by atomic mass is 9.99. The Labute approximate surface area is 104 Å². The average Bonchev–Trinajstić information content (AvgIpc) is 2.81. The van der Waals surface area contributed by atoms with Crippen LogP contribution >= 0.6 is 11.3 Å². The van der Waals surface area contributed by atoms with Crippen LogP contribution in [0.1, 0.15) is 35.7 Å². The molecule has 2 rings (SSSR count). The molecule has 0 aliphatic rings. The monoisotopic (exact) mass is 247 g/mol. The van der Waals surface area contributed by atoms with Crippen LogP contribution in [0.25, 0.3) is 10.6 Å². The molecule has 1 N–H and O–H groups in total. The number of hydrogen-bond donors (Lipinski definition) is 1. The van der Waals surface area contributed by atoms with Gasteiger partial charge in [0.15, 0.2) is 0 Å². The van der Waals surface area contributed by atoms with Gasteiger partial charge in [-0.1, -0.05) is 19.9 Å². The van der Waals surface area contributed by atoms with E-state index >= 15 is 0 Å². The second kappa shape index (κ2) is 4.67. The molecule has 0 amide bonds. The predicted octanol–water partition coefficient (Wildman–Crippen LogP) is 3.63. The topological polar surface area (TPSA) is 50.2 Å². The van der Waals surface area contributed by atoms with Gasteiger partial charge >= 0.3 is 5.97 Å². The van der Waals surface area contributed by atoms with Crippen molar-refractivity contribution in [1.29, 1.82) is 0 Å². The van der Waals surface area contributed by atoms with Gasteiger partial charge in [0, 0.05) is 6.20 Å². The van der Waals surface area contributed by atoms with Crippen LogP contribution in [0.2, 0.25) is 0 Å². The molecule has 0 atom stereocenters. The summed E-state index contributed by atoms with van der Waals surface area (Å²) < 4.78 is 0. The first-order chi connectivity index (χ1) is 8.09. The molecule has 2 aromatic rings. The zero-order valence-electron chi connectivity index (χ0n) is 9.68. The summed E-state index contributed by atoms with van der Waals surface area (Å²) in [5, 5.41) is 11.2. The van der Waals surface area contributed by atoms with E-state index in [0.29, 0.717) is 5.56 Å². The third-order valence-electron chi connectivity index (χ3n) is 2.56. The molecule has 0 aliphatic carbocycles. The van der Waals surface area contributed by atoms with Crippen molar-refractivity contribution in [2.24, 2.45) is 0 Å². The molecule has 0 bridgehead atoms. The van der Waals surface area contributed by atoms with Gasteiger partial charge in [-0.3, -0.25) is 4.98 Å². The molecule has 2 heterocycles. The number of nitrogens with zero attached hydrogens (tertiary/aromatic N) is 1. The van der Waals surface area contributed by atoms with Crippen molar-refractivity contribution in [3.05, 3.63) is 40.9 Å². The van der Waals surface area contributed by atoms with Crippen molar-refractivity contribution in [2.75, 3.05) is 0 Å². The van der Waals surface area contributed by atoms with Crippen molar-refractivity contribution < 1.29 is 9.90 Å². The zero-order chi connectivity index (χ0) is 12.4. The lowest BCUT2D eigenvalue weighted by Gasteiger charge is -2.10. The highest BCUT2D eigenvalue weighted by Gasteiger charge is 2.15. The van der Waals surface area contributed by atoms with E-state index in [1.165, 1.54) is 0 Å². The summed E-state index contributed by atoms with van der Waals surface area (Å²) in [7, 11) is 0. The van der Waals surface area contributed by atoms with Crippen LogP contribution < -0.4 is 0 Å². The minimum atomic E-state index is -0.895. The van der Waals surface area contributed by atoms with E-state index in [2.05, 4.69) is 4.98 Å². The molecule has 88 valence electrons. The predicted molar refractivity (Wildman–Crippen MR) is 68.6 cm³/mol. The fourth-order valence-electron chi connectivity index (χ4n) is 1.67. The van der Waals surface area contributed by atoms with Crippen LogP contribution in [0.15, 0.2) is 29.8 Å². The summed E-state index contributed by atoms with van der Waals surface area (Å²) in [5.74, 6) is -0.736. The first-order valence-electron chi connectivity index (χ1n) is 5.36. The van der Waals surface area contributed by atoms with Crippen LogP contribution in [0.4, 0.5) is 0 Å². The van der Waals surface area contributed by atoms with Crippen LogP contribution in [0.3, 0.4) is 0 Å². The number of carboxylic acid groups (broad SMARTS) is 1. The normalized spacial score (nSPS) is 10.8. The summed E-state index contributed by atoms with van der Waals surface area (Å²) in [6, 6.07) is 5.52. The molecule has 0 fully saturated rings. The lowest BCUT2D eigenvalue weighted by molar-refractivity contribution is 0.0695. The molecule has 0 saturated carbocycles. The molecule has 0 saturated heterocycles. The number of aromatic carboxylic acids is 1. The maximum Gasteiger partial charge on any atom is 0.336 e. The molecular formula is C13H13NO2S. The Balaban J connectivity index is 2.53. The molecule has 0 radical (unpaired) electrons. The van der Waals surface area contributed by atoms with Crippen molar-refractivity contribution in [1.82, 2.24) is 4.98 Å². The number of carboxylic acids is 1. The average molecular weight is 247 g/mol. The van der Waals surface area contributed by atoms with Crippen molar-refractivity contribution in [3.8, 4) is 10.6 Å². The Morgan fingerprint density at radius 3 is 2.76 bits per heavy atom. The van der Waals surface area contributed by atoms with Gasteiger partial charge in [-0.25, -0.2) is 4.79 Å². The van der Waals surface area contributed by atoms with Gasteiger partial charge < -0.3 is 5.11 Å². The second-order valence-electron chi connectivity index (χ2n) is 4.09. The second-order valence-corrected chi connectivity index (χ2v) is 5.04. The Morgan fingerprint density at radius 2 is 2.24 bits per heavy atom. The summed E-state index contributed by atoms with van der Waals surface area (Å²) in [6.07, 6.45) is 1.67. The largest absolute Gasteiger partial charge is 0.478 e. The van der Waals surface area contributed by atoms with E-state index in [0.717, 1.165) is 16.1 Å². The van der Waals surface area contributed by atoms with Crippen LogP contribution in [0.5, 0.6) is 0 Å². The van der Waals surface area contributed by atoms with Gasteiger partial charge in [0.1, 0.15) is 0 Å². The van der Waals surface area contributed by atoms with E-state index in [4.69, 9.17) is 0 Å². The SMILES string of the molecule is CC(C)c1cnc(-c2cccs2)cc1C(=O)O. The maximum atomic E-state index is 11.2. The zero-order valence-corrected chi connectivity index (χ0v) is 10.5. The minimum absolute atomic E-state index is 0.158. The first kappa shape index (κ1) is 11.8. The third kappa shape index (κ3) is 2.36. The highest BCUT2D eigenvalue weighted by molar-refractivity contribution is 7.13.